The van der Waals surface area contributed by atoms with Crippen LogP contribution in [0.5, 0.6) is 0 Å². The number of hydrogen-bond acceptors (Lipinski definition) is 1. The Labute approximate surface area is 75.2 Å². The summed E-state index contributed by atoms with van der Waals surface area (Å²) in [7, 11) is 0. The summed E-state index contributed by atoms with van der Waals surface area (Å²) in [6, 6.07) is 7.66. The van der Waals surface area contributed by atoms with E-state index in [4.69, 9.17) is 5.11 Å². The third kappa shape index (κ3) is 1.54. The summed E-state index contributed by atoms with van der Waals surface area (Å²) in [6.45, 7) is 0. The van der Waals surface area contributed by atoms with Crippen molar-refractivity contribution in [3.8, 4) is 0 Å². The maximum Gasteiger partial charge on any atom is 0.307 e. The van der Waals surface area contributed by atoms with Gasteiger partial charge >= 0.3 is 5.97 Å². The minimum absolute atomic E-state index is 0.0775. The van der Waals surface area contributed by atoms with E-state index in [1.807, 2.05) is 41.1 Å². The van der Waals surface area contributed by atoms with E-state index in [0.717, 1.165) is 11.1 Å². The number of fused-ring (bicyclic) bond motifs is 1. The molecule has 0 aromatic carbocycles. The molecule has 2 heterocycles. The summed E-state index contributed by atoms with van der Waals surface area (Å²) in [6.07, 6.45) is 3.82. The largest absolute Gasteiger partial charge is 0.481 e. The van der Waals surface area contributed by atoms with Gasteiger partial charge in [0.15, 0.2) is 0 Å². The Kier molecular flexibility index (Phi) is 1.77. The van der Waals surface area contributed by atoms with Gasteiger partial charge in [0, 0.05) is 17.9 Å². The lowest BCUT2D eigenvalue weighted by Crippen LogP contribution is -2.00. The molecular formula is C10H9NO2. The lowest BCUT2D eigenvalue weighted by molar-refractivity contribution is -0.136. The van der Waals surface area contributed by atoms with Crippen LogP contribution in [0.25, 0.3) is 5.52 Å². The molecule has 0 bridgehead atoms. The number of aliphatic carboxylic acids is 1. The average Bonchev–Trinajstić information content (AvgIpc) is 2.49. The smallest absolute Gasteiger partial charge is 0.307 e. The van der Waals surface area contributed by atoms with E-state index >= 15 is 0 Å². The van der Waals surface area contributed by atoms with Crippen molar-refractivity contribution < 1.29 is 9.90 Å². The van der Waals surface area contributed by atoms with Crippen LogP contribution in [-0.4, -0.2) is 15.5 Å². The van der Waals surface area contributed by atoms with Gasteiger partial charge in [-0.1, -0.05) is 6.07 Å². The van der Waals surface area contributed by atoms with Crippen molar-refractivity contribution >= 4 is 11.5 Å². The second-order valence-corrected chi connectivity index (χ2v) is 2.95. The predicted octanol–water partition coefficient (Wildman–Crippen LogP) is 1.57. The minimum atomic E-state index is -0.800. The maximum absolute atomic E-state index is 10.4. The van der Waals surface area contributed by atoms with Gasteiger partial charge in [0.05, 0.1) is 6.42 Å². The van der Waals surface area contributed by atoms with Crippen LogP contribution < -0.4 is 0 Å². The van der Waals surface area contributed by atoms with Crippen molar-refractivity contribution in [2.75, 3.05) is 0 Å². The monoisotopic (exact) mass is 175 g/mol. The van der Waals surface area contributed by atoms with Gasteiger partial charge in [-0.3, -0.25) is 4.79 Å². The molecule has 0 radical (unpaired) electrons. The molecule has 0 fully saturated rings. The van der Waals surface area contributed by atoms with E-state index in [2.05, 4.69) is 0 Å². The number of carboxylic acids is 1. The topological polar surface area (TPSA) is 41.7 Å². The van der Waals surface area contributed by atoms with E-state index in [-0.39, 0.29) is 6.42 Å². The number of rotatable bonds is 2. The lowest BCUT2D eigenvalue weighted by Gasteiger charge is -1.98. The van der Waals surface area contributed by atoms with E-state index in [1.165, 1.54) is 0 Å². The van der Waals surface area contributed by atoms with Crippen LogP contribution in [0.1, 0.15) is 5.56 Å². The van der Waals surface area contributed by atoms with Crippen LogP contribution in [0.15, 0.2) is 36.7 Å². The van der Waals surface area contributed by atoms with Gasteiger partial charge in [-0.15, -0.1) is 0 Å². The molecule has 0 aliphatic carbocycles. The predicted molar refractivity (Wildman–Crippen MR) is 48.7 cm³/mol. The molecule has 2 rings (SSSR count). The minimum Gasteiger partial charge on any atom is -0.481 e. The normalized spacial score (nSPS) is 10.5. The van der Waals surface area contributed by atoms with Crippen LogP contribution in [0.2, 0.25) is 0 Å². The summed E-state index contributed by atoms with van der Waals surface area (Å²) in [5.41, 5.74) is 1.89. The fraction of sp³-hybridized carbons (Fsp3) is 0.100. The number of hydrogen-bond donors (Lipinski definition) is 1. The highest BCUT2D eigenvalue weighted by Gasteiger charge is 2.00. The van der Waals surface area contributed by atoms with Crippen molar-refractivity contribution in [2.24, 2.45) is 0 Å². The molecule has 0 aliphatic rings. The Balaban J connectivity index is 2.42. The number of aromatic nitrogens is 1. The lowest BCUT2D eigenvalue weighted by atomic mass is 10.2. The second-order valence-electron chi connectivity index (χ2n) is 2.95. The highest BCUT2D eigenvalue weighted by Crippen LogP contribution is 2.07. The molecule has 0 spiro atoms. The number of nitrogens with zero attached hydrogens (tertiary/aromatic N) is 1. The van der Waals surface area contributed by atoms with Gasteiger partial charge in [0.2, 0.25) is 0 Å². The fourth-order valence-electron chi connectivity index (χ4n) is 1.36. The zero-order valence-electron chi connectivity index (χ0n) is 6.97. The zero-order valence-corrected chi connectivity index (χ0v) is 6.97. The van der Waals surface area contributed by atoms with Crippen LogP contribution in [-0.2, 0) is 11.2 Å². The summed E-state index contributed by atoms with van der Waals surface area (Å²) in [4.78, 5) is 10.4. The molecule has 2 aromatic heterocycles. The van der Waals surface area contributed by atoms with Crippen molar-refractivity contribution in [1.29, 1.82) is 0 Å². The molecule has 66 valence electrons. The van der Waals surface area contributed by atoms with Crippen LogP contribution in [0.4, 0.5) is 0 Å². The molecule has 0 unspecified atom stereocenters. The van der Waals surface area contributed by atoms with Gasteiger partial charge < -0.3 is 9.51 Å². The van der Waals surface area contributed by atoms with Crippen molar-refractivity contribution in [3.63, 3.8) is 0 Å². The molecule has 0 aliphatic heterocycles. The van der Waals surface area contributed by atoms with Crippen molar-refractivity contribution in [3.05, 3.63) is 42.2 Å². The first kappa shape index (κ1) is 7.86. The average molecular weight is 175 g/mol. The van der Waals surface area contributed by atoms with E-state index in [0.29, 0.717) is 0 Å². The van der Waals surface area contributed by atoms with Gasteiger partial charge in [0.1, 0.15) is 0 Å². The zero-order chi connectivity index (χ0) is 9.26. The first-order valence-electron chi connectivity index (χ1n) is 4.03. The second kappa shape index (κ2) is 2.94. The summed E-state index contributed by atoms with van der Waals surface area (Å²) >= 11 is 0. The molecule has 13 heavy (non-hydrogen) atoms. The first-order chi connectivity index (χ1) is 6.25. The summed E-state index contributed by atoms with van der Waals surface area (Å²) < 4.78 is 1.91. The Hall–Kier alpha value is -1.77. The fourth-order valence-corrected chi connectivity index (χ4v) is 1.36. The molecular weight excluding hydrogens is 166 g/mol. The van der Waals surface area contributed by atoms with Gasteiger partial charge in [-0.2, -0.15) is 0 Å². The standard InChI is InChI=1S/C10H9NO2/c12-10(13)6-8-3-4-9-2-1-5-11(9)7-8/h1-5,7H,6H2,(H,12,13). The Morgan fingerprint density at radius 2 is 2.23 bits per heavy atom. The highest BCUT2D eigenvalue weighted by atomic mass is 16.4. The molecule has 3 nitrogen and oxygen atoms in total. The van der Waals surface area contributed by atoms with E-state index < -0.39 is 5.97 Å². The number of pyridine rings is 1. The number of carbonyl (C=O) groups is 1. The van der Waals surface area contributed by atoms with E-state index in [9.17, 15) is 4.79 Å². The maximum atomic E-state index is 10.4. The molecule has 0 saturated carbocycles. The molecule has 3 heteroatoms. The van der Waals surface area contributed by atoms with E-state index in [1.54, 1.807) is 0 Å². The molecule has 0 saturated heterocycles. The Morgan fingerprint density at radius 1 is 1.38 bits per heavy atom. The van der Waals surface area contributed by atoms with Gasteiger partial charge in [-0.25, -0.2) is 0 Å². The SMILES string of the molecule is O=C(O)Cc1ccc2cccn2c1. The quantitative estimate of drug-likeness (QED) is 0.752. The highest BCUT2D eigenvalue weighted by molar-refractivity contribution is 5.70. The molecule has 0 atom stereocenters. The third-order valence-electron chi connectivity index (χ3n) is 1.94. The van der Waals surface area contributed by atoms with Crippen molar-refractivity contribution in [2.45, 2.75) is 6.42 Å². The summed E-state index contributed by atoms with van der Waals surface area (Å²) in [5, 5.41) is 8.58. The van der Waals surface area contributed by atoms with Gasteiger partial charge in [0.25, 0.3) is 0 Å². The first-order valence-corrected chi connectivity index (χ1v) is 4.03. The molecule has 1 N–H and O–H groups in total. The Morgan fingerprint density at radius 3 is 3.00 bits per heavy atom. The molecule has 0 amide bonds. The number of carboxylic acid groups (broad SMARTS) is 1. The van der Waals surface area contributed by atoms with Crippen LogP contribution in [0, 0.1) is 0 Å². The third-order valence-corrected chi connectivity index (χ3v) is 1.94. The van der Waals surface area contributed by atoms with Crippen LogP contribution >= 0.6 is 0 Å². The van der Waals surface area contributed by atoms with Crippen LogP contribution in [0.3, 0.4) is 0 Å². The Bertz CT molecular complexity index is 445. The molecule has 2 aromatic rings. The van der Waals surface area contributed by atoms with Crippen molar-refractivity contribution in [1.82, 2.24) is 4.40 Å². The van der Waals surface area contributed by atoms with Gasteiger partial charge in [-0.05, 0) is 23.8 Å². The summed E-state index contributed by atoms with van der Waals surface area (Å²) in [5.74, 6) is -0.800.